The molecule has 1 aromatic rings. The Morgan fingerprint density at radius 1 is 1.10 bits per heavy atom. The van der Waals surface area contributed by atoms with Crippen LogP contribution in [0.4, 0.5) is 0 Å². The Bertz CT molecular complexity index is 444. The van der Waals surface area contributed by atoms with Gasteiger partial charge in [-0.2, -0.15) is 0 Å². The van der Waals surface area contributed by atoms with Crippen LogP contribution in [0.3, 0.4) is 0 Å². The van der Waals surface area contributed by atoms with Gasteiger partial charge in [0.25, 0.3) is 0 Å². The van der Waals surface area contributed by atoms with Gasteiger partial charge in [0.2, 0.25) is 0 Å². The summed E-state index contributed by atoms with van der Waals surface area (Å²) in [5.41, 5.74) is 0.843. The highest BCUT2D eigenvalue weighted by atomic mass is 31.2. The van der Waals surface area contributed by atoms with Crippen LogP contribution >= 0.6 is 7.60 Å². The van der Waals surface area contributed by atoms with E-state index in [-0.39, 0.29) is 0 Å². The van der Waals surface area contributed by atoms with Crippen molar-refractivity contribution in [3.63, 3.8) is 0 Å². The molecule has 0 saturated heterocycles. The van der Waals surface area contributed by atoms with E-state index in [4.69, 9.17) is 13.8 Å². The van der Waals surface area contributed by atoms with E-state index in [0.717, 1.165) is 18.4 Å². The Balaban J connectivity index is 2.99. The SMILES string of the molecule is CCCOP(=O)(C=C(OC)c1ccccc1)OCCC. The Kier molecular flexibility index (Phi) is 7.60. The third-order valence-electron chi connectivity index (χ3n) is 2.50. The summed E-state index contributed by atoms with van der Waals surface area (Å²) >= 11 is 0. The maximum atomic E-state index is 12.7. The molecule has 0 aliphatic rings. The highest BCUT2D eigenvalue weighted by molar-refractivity contribution is 7.57. The summed E-state index contributed by atoms with van der Waals surface area (Å²) in [6, 6.07) is 9.48. The van der Waals surface area contributed by atoms with Crippen molar-refractivity contribution in [1.82, 2.24) is 0 Å². The van der Waals surface area contributed by atoms with Crippen molar-refractivity contribution in [2.24, 2.45) is 0 Å². The Hall–Kier alpha value is -1.09. The molecule has 0 fully saturated rings. The second kappa shape index (κ2) is 8.96. The Morgan fingerprint density at radius 2 is 1.65 bits per heavy atom. The minimum absolute atomic E-state index is 0.392. The summed E-state index contributed by atoms with van der Waals surface area (Å²) in [6.45, 7) is 4.71. The van der Waals surface area contributed by atoms with Crippen LogP contribution in [0.15, 0.2) is 36.1 Å². The average molecular weight is 298 g/mol. The zero-order chi connectivity index (χ0) is 14.8. The molecule has 112 valence electrons. The predicted octanol–water partition coefficient (Wildman–Crippen LogP) is 4.68. The number of hydrogen-bond acceptors (Lipinski definition) is 4. The van der Waals surface area contributed by atoms with Gasteiger partial charge >= 0.3 is 7.60 Å². The minimum Gasteiger partial charge on any atom is -0.496 e. The molecule has 1 rings (SSSR count). The van der Waals surface area contributed by atoms with E-state index in [1.807, 2.05) is 44.2 Å². The van der Waals surface area contributed by atoms with Crippen LogP contribution < -0.4 is 0 Å². The molecule has 0 atom stereocenters. The van der Waals surface area contributed by atoms with Crippen molar-refractivity contribution in [2.75, 3.05) is 20.3 Å². The van der Waals surface area contributed by atoms with Crippen LogP contribution in [0, 0.1) is 0 Å². The van der Waals surface area contributed by atoms with Crippen molar-refractivity contribution in [3.05, 3.63) is 41.7 Å². The first-order valence-corrected chi connectivity index (χ1v) is 8.47. The van der Waals surface area contributed by atoms with Crippen LogP contribution in [0.25, 0.3) is 5.76 Å². The van der Waals surface area contributed by atoms with Crippen LogP contribution in [-0.2, 0) is 18.3 Å². The lowest BCUT2D eigenvalue weighted by Crippen LogP contribution is -1.98. The number of rotatable bonds is 9. The van der Waals surface area contributed by atoms with Gasteiger partial charge in [-0.1, -0.05) is 44.2 Å². The van der Waals surface area contributed by atoms with E-state index in [9.17, 15) is 4.57 Å². The summed E-state index contributed by atoms with van der Waals surface area (Å²) in [6.07, 6.45) is 1.56. The van der Waals surface area contributed by atoms with E-state index < -0.39 is 7.60 Å². The maximum absolute atomic E-state index is 12.7. The molecule has 0 amide bonds. The van der Waals surface area contributed by atoms with Crippen molar-refractivity contribution < 1.29 is 18.3 Å². The van der Waals surface area contributed by atoms with E-state index >= 15 is 0 Å². The van der Waals surface area contributed by atoms with Gasteiger partial charge in [0.15, 0.2) is 0 Å². The number of benzene rings is 1. The maximum Gasteiger partial charge on any atom is 0.357 e. The molecule has 0 unspecified atom stereocenters. The van der Waals surface area contributed by atoms with E-state index in [1.165, 1.54) is 5.82 Å². The highest BCUT2D eigenvalue weighted by Gasteiger charge is 2.23. The molecular formula is C15H23O4P. The van der Waals surface area contributed by atoms with Gasteiger partial charge in [0.05, 0.1) is 26.1 Å². The fraction of sp³-hybridized carbons (Fsp3) is 0.467. The number of methoxy groups -OCH3 is 1. The minimum atomic E-state index is -3.28. The molecule has 5 heteroatoms. The van der Waals surface area contributed by atoms with Crippen LogP contribution in [0.2, 0.25) is 0 Å². The molecule has 0 spiro atoms. The van der Waals surface area contributed by atoms with Crippen molar-refractivity contribution in [3.8, 4) is 0 Å². The molecule has 0 radical (unpaired) electrons. The third-order valence-corrected chi connectivity index (χ3v) is 4.14. The predicted molar refractivity (Wildman–Crippen MR) is 81.5 cm³/mol. The number of hydrogen-bond donors (Lipinski definition) is 0. The van der Waals surface area contributed by atoms with Gasteiger partial charge in [-0.25, -0.2) is 0 Å². The zero-order valence-electron chi connectivity index (χ0n) is 12.4. The van der Waals surface area contributed by atoms with Crippen LogP contribution in [-0.4, -0.2) is 20.3 Å². The van der Waals surface area contributed by atoms with Gasteiger partial charge in [0, 0.05) is 5.56 Å². The summed E-state index contributed by atoms with van der Waals surface area (Å²) in [4.78, 5) is 0. The normalized spacial score (nSPS) is 12.4. The molecule has 20 heavy (non-hydrogen) atoms. The van der Waals surface area contributed by atoms with E-state index in [0.29, 0.717) is 19.0 Å². The lowest BCUT2D eigenvalue weighted by molar-refractivity contribution is 0.212. The van der Waals surface area contributed by atoms with Gasteiger partial charge in [-0.05, 0) is 12.8 Å². The second-order valence-electron chi connectivity index (χ2n) is 4.27. The second-order valence-corrected chi connectivity index (χ2v) is 6.12. The first kappa shape index (κ1) is 17.0. The van der Waals surface area contributed by atoms with E-state index in [1.54, 1.807) is 7.11 Å². The van der Waals surface area contributed by atoms with Crippen molar-refractivity contribution in [1.29, 1.82) is 0 Å². The van der Waals surface area contributed by atoms with Gasteiger partial charge in [0.1, 0.15) is 5.76 Å². The standard InChI is InChI=1S/C15H23O4P/c1-4-11-18-20(16,19-12-5-2)13-15(17-3)14-9-7-6-8-10-14/h6-10,13H,4-5,11-12H2,1-3H3. The summed E-state index contributed by atoms with van der Waals surface area (Å²) < 4.78 is 28.8. The molecule has 0 aliphatic heterocycles. The average Bonchev–Trinajstić information content (AvgIpc) is 2.50. The largest absolute Gasteiger partial charge is 0.496 e. The lowest BCUT2D eigenvalue weighted by atomic mass is 10.2. The van der Waals surface area contributed by atoms with E-state index in [2.05, 4.69) is 0 Å². The molecule has 1 aromatic carbocycles. The zero-order valence-corrected chi connectivity index (χ0v) is 13.3. The van der Waals surface area contributed by atoms with Gasteiger partial charge in [-0.3, -0.25) is 4.57 Å². The molecule has 0 aromatic heterocycles. The number of ether oxygens (including phenoxy) is 1. The van der Waals surface area contributed by atoms with Gasteiger partial charge < -0.3 is 13.8 Å². The summed E-state index contributed by atoms with van der Waals surface area (Å²) in [7, 11) is -1.73. The molecule has 4 nitrogen and oxygen atoms in total. The van der Waals surface area contributed by atoms with Gasteiger partial charge in [-0.15, -0.1) is 0 Å². The Labute approximate surface area is 121 Å². The van der Waals surface area contributed by atoms with Crippen LogP contribution in [0.1, 0.15) is 32.3 Å². The topological polar surface area (TPSA) is 44.8 Å². The third kappa shape index (κ3) is 5.49. The lowest BCUT2D eigenvalue weighted by Gasteiger charge is -2.16. The summed E-state index contributed by atoms with van der Waals surface area (Å²) in [5.74, 6) is 1.97. The fourth-order valence-electron chi connectivity index (χ4n) is 1.54. The molecule has 0 aliphatic carbocycles. The van der Waals surface area contributed by atoms with Crippen molar-refractivity contribution in [2.45, 2.75) is 26.7 Å². The molecule has 0 N–H and O–H groups in total. The fourth-order valence-corrected chi connectivity index (χ4v) is 3.18. The molecular weight excluding hydrogens is 275 g/mol. The Morgan fingerprint density at radius 3 is 2.10 bits per heavy atom. The monoisotopic (exact) mass is 298 g/mol. The first-order chi connectivity index (χ1) is 9.65. The summed E-state index contributed by atoms with van der Waals surface area (Å²) in [5, 5.41) is 0. The highest BCUT2D eigenvalue weighted by Crippen LogP contribution is 2.52. The molecule has 0 heterocycles. The quantitative estimate of drug-likeness (QED) is 0.490. The first-order valence-electron chi connectivity index (χ1n) is 6.86. The molecule has 0 saturated carbocycles. The smallest absolute Gasteiger partial charge is 0.357 e. The van der Waals surface area contributed by atoms with Crippen molar-refractivity contribution >= 4 is 13.4 Å². The molecule has 0 bridgehead atoms. The van der Waals surface area contributed by atoms with Crippen LogP contribution in [0.5, 0.6) is 0 Å².